The standard InChI is InChI=1S/C16H21NO4/c1-3-4-5-6-16(19)17(2)10-14(18)12-7-8-13-11-20-21-15(13)9-12/h7-9H,3-6,10-11H2,1-2H3. The van der Waals surface area contributed by atoms with Crippen molar-refractivity contribution in [2.45, 2.75) is 39.2 Å². The molecule has 0 aromatic heterocycles. The van der Waals surface area contributed by atoms with Crippen molar-refractivity contribution in [3.63, 3.8) is 0 Å². The molecule has 0 saturated heterocycles. The van der Waals surface area contributed by atoms with Gasteiger partial charge in [-0.05, 0) is 12.5 Å². The van der Waals surface area contributed by atoms with Crippen molar-refractivity contribution >= 4 is 11.7 Å². The average Bonchev–Trinajstić information content (AvgIpc) is 2.94. The number of likely N-dealkylation sites (N-methyl/N-ethyl adjacent to an activating group) is 1. The lowest BCUT2D eigenvalue weighted by molar-refractivity contribution is -0.194. The number of carbonyl (C=O) groups is 2. The number of hydrogen-bond donors (Lipinski definition) is 0. The number of benzene rings is 1. The lowest BCUT2D eigenvalue weighted by atomic mass is 10.1. The number of fused-ring (bicyclic) bond motifs is 1. The summed E-state index contributed by atoms with van der Waals surface area (Å²) in [4.78, 5) is 35.4. The van der Waals surface area contributed by atoms with Crippen LogP contribution in [-0.2, 0) is 16.3 Å². The number of ketones is 1. The molecule has 0 bridgehead atoms. The zero-order valence-corrected chi connectivity index (χ0v) is 12.6. The highest BCUT2D eigenvalue weighted by atomic mass is 17.2. The zero-order chi connectivity index (χ0) is 15.2. The number of rotatable bonds is 7. The molecule has 0 saturated carbocycles. The minimum absolute atomic E-state index is 0.0116. The quantitative estimate of drug-likeness (QED) is 0.440. The lowest BCUT2D eigenvalue weighted by Crippen LogP contribution is -2.31. The number of nitrogens with zero attached hydrogens (tertiary/aromatic N) is 1. The number of unbranched alkanes of at least 4 members (excludes halogenated alkanes) is 2. The van der Waals surface area contributed by atoms with Gasteiger partial charge in [0.2, 0.25) is 5.91 Å². The van der Waals surface area contributed by atoms with Gasteiger partial charge >= 0.3 is 0 Å². The molecule has 1 aliphatic heterocycles. The number of carbonyl (C=O) groups excluding carboxylic acids is 2. The van der Waals surface area contributed by atoms with E-state index in [9.17, 15) is 9.59 Å². The summed E-state index contributed by atoms with van der Waals surface area (Å²) in [7, 11) is 1.67. The smallest absolute Gasteiger partial charge is 0.222 e. The fourth-order valence-electron chi connectivity index (χ4n) is 2.19. The van der Waals surface area contributed by atoms with E-state index in [1.807, 2.05) is 6.07 Å². The molecule has 0 unspecified atom stereocenters. The van der Waals surface area contributed by atoms with Crippen LogP contribution in [0.1, 0.15) is 48.5 Å². The number of hydrogen-bond acceptors (Lipinski definition) is 4. The van der Waals surface area contributed by atoms with Crippen molar-refractivity contribution in [1.82, 2.24) is 4.90 Å². The van der Waals surface area contributed by atoms with Crippen LogP contribution in [0.3, 0.4) is 0 Å². The Balaban J connectivity index is 1.90. The molecule has 0 fully saturated rings. The Labute approximate surface area is 124 Å². The summed E-state index contributed by atoms with van der Waals surface area (Å²) < 4.78 is 0. The summed E-state index contributed by atoms with van der Waals surface area (Å²) in [5, 5.41) is 0. The second kappa shape index (κ2) is 7.22. The van der Waals surface area contributed by atoms with Crippen molar-refractivity contribution in [1.29, 1.82) is 0 Å². The van der Waals surface area contributed by atoms with E-state index in [-0.39, 0.29) is 18.2 Å². The van der Waals surface area contributed by atoms with Gasteiger partial charge in [-0.3, -0.25) is 9.59 Å². The van der Waals surface area contributed by atoms with E-state index < -0.39 is 0 Å². The maximum atomic E-state index is 12.2. The van der Waals surface area contributed by atoms with Gasteiger partial charge in [-0.15, -0.1) is 0 Å². The molecule has 0 atom stereocenters. The molecule has 21 heavy (non-hydrogen) atoms. The molecule has 2 rings (SSSR count). The third-order valence-electron chi connectivity index (χ3n) is 3.55. The maximum Gasteiger partial charge on any atom is 0.222 e. The molecule has 1 aromatic carbocycles. The molecule has 1 amide bonds. The highest BCUT2D eigenvalue weighted by molar-refractivity contribution is 5.99. The van der Waals surface area contributed by atoms with Crippen LogP contribution in [0.5, 0.6) is 5.75 Å². The molecule has 0 radical (unpaired) electrons. The van der Waals surface area contributed by atoms with Gasteiger partial charge in [-0.2, -0.15) is 4.89 Å². The Morgan fingerprint density at radius 2 is 2.10 bits per heavy atom. The predicted molar refractivity (Wildman–Crippen MR) is 78.0 cm³/mol. The fraction of sp³-hybridized carbons (Fsp3) is 0.500. The fourth-order valence-corrected chi connectivity index (χ4v) is 2.19. The summed E-state index contributed by atoms with van der Waals surface area (Å²) in [6, 6.07) is 5.23. The first-order valence-corrected chi connectivity index (χ1v) is 7.31. The third-order valence-corrected chi connectivity index (χ3v) is 3.55. The SMILES string of the molecule is CCCCCC(=O)N(C)CC(=O)c1ccc2c(c1)OOC2. The van der Waals surface area contributed by atoms with E-state index in [1.54, 1.807) is 19.2 Å². The van der Waals surface area contributed by atoms with E-state index in [1.165, 1.54) is 4.90 Å². The maximum absolute atomic E-state index is 12.2. The van der Waals surface area contributed by atoms with E-state index >= 15 is 0 Å². The highest BCUT2D eigenvalue weighted by Gasteiger charge is 2.18. The monoisotopic (exact) mass is 291 g/mol. The summed E-state index contributed by atoms with van der Waals surface area (Å²) >= 11 is 0. The number of amides is 1. The lowest BCUT2D eigenvalue weighted by Gasteiger charge is -2.16. The third kappa shape index (κ3) is 4.04. The molecule has 0 spiro atoms. The van der Waals surface area contributed by atoms with Crippen molar-refractivity contribution in [3.8, 4) is 5.75 Å². The normalized spacial score (nSPS) is 12.7. The van der Waals surface area contributed by atoms with Crippen LogP contribution in [0, 0.1) is 0 Å². The molecule has 5 heteroatoms. The second-order valence-corrected chi connectivity index (χ2v) is 5.30. The van der Waals surface area contributed by atoms with Crippen molar-refractivity contribution in [2.75, 3.05) is 13.6 Å². The van der Waals surface area contributed by atoms with Gasteiger partial charge in [0.25, 0.3) is 0 Å². The van der Waals surface area contributed by atoms with Crippen LogP contribution in [0.25, 0.3) is 0 Å². The van der Waals surface area contributed by atoms with Crippen LogP contribution >= 0.6 is 0 Å². The first-order chi connectivity index (χ1) is 10.1. The molecule has 1 heterocycles. The molecule has 114 valence electrons. The van der Waals surface area contributed by atoms with Crippen LogP contribution in [0.15, 0.2) is 18.2 Å². The van der Waals surface area contributed by atoms with Crippen molar-refractivity contribution in [2.24, 2.45) is 0 Å². The van der Waals surface area contributed by atoms with Crippen LogP contribution in [0.2, 0.25) is 0 Å². The zero-order valence-electron chi connectivity index (χ0n) is 12.6. The summed E-state index contributed by atoms with van der Waals surface area (Å²) in [6.45, 7) is 2.58. The van der Waals surface area contributed by atoms with Crippen molar-refractivity contribution in [3.05, 3.63) is 29.3 Å². The van der Waals surface area contributed by atoms with Gasteiger partial charge in [0.1, 0.15) is 6.61 Å². The Morgan fingerprint density at radius 3 is 2.86 bits per heavy atom. The van der Waals surface area contributed by atoms with Crippen LogP contribution in [0.4, 0.5) is 0 Å². The molecular formula is C16H21NO4. The first kappa shape index (κ1) is 15.5. The average molecular weight is 291 g/mol. The van der Waals surface area contributed by atoms with E-state index in [4.69, 9.17) is 9.78 Å². The molecular weight excluding hydrogens is 270 g/mol. The molecule has 5 nitrogen and oxygen atoms in total. The van der Waals surface area contributed by atoms with Gasteiger partial charge in [0.15, 0.2) is 11.5 Å². The second-order valence-electron chi connectivity index (χ2n) is 5.30. The van der Waals surface area contributed by atoms with Gasteiger partial charge in [-0.25, -0.2) is 0 Å². The predicted octanol–water partition coefficient (Wildman–Crippen LogP) is 2.73. The first-order valence-electron chi connectivity index (χ1n) is 7.31. The van der Waals surface area contributed by atoms with Gasteiger partial charge in [0.05, 0.1) is 6.54 Å². The summed E-state index contributed by atoms with van der Waals surface area (Å²) in [6.07, 6.45) is 3.49. The molecule has 1 aliphatic rings. The van der Waals surface area contributed by atoms with Crippen molar-refractivity contribution < 1.29 is 19.4 Å². The van der Waals surface area contributed by atoms with Crippen LogP contribution < -0.4 is 4.89 Å². The molecule has 0 aliphatic carbocycles. The van der Waals surface area contributed by atoms with Gasteiger partial charge < -0.3 is 9.79 Å². The summed E-state index contributed by atoms with van der Waals surface area (Å²) in [5.41, 5.74) is 1.46. The van der Waals surface area contributed by atoms with E-state index in [2.05, 4.69) is 6.92 Å². The Kier molecular flexibility index (Phi) is 5.33. The highest BCUT2D eigenvalue weighted by Crippen LogP contribution is 2.27. The summed E-state index contributed by atoms with van der Waals surface area (Å²) in [5.74, 6) is 0.495. The largest absolute Gasteiger partial charge is 0.338 e. The molecule has 0 N–H and O–H groups in total. The van der Waals surface area contributed by atoms with E-state index in [0.29, 0.717) is 24.3 Å². The Bertz CT molecular complexity index is 527. The number of Topliss-reactive ketones (excluding diaryl/α,β-unsaturated/α-hetero) is 1. The minimum atomic E-state index is -0.0976. The van der Waals surface area contributed by atoms with E-state index in [0.717, 1.165) is 24.8 Å². The Morgan fingerprint density at radius 1 is 1.29 bits per heavy atom. The minimum Gasteiger partial charge on any atom is -0.338 e. The van der Waals surface area contributed by atoms with Gasteiger partial charge in [-0.1, -0.05) is 31.9 Å². The van der Waals surface area contributed by atoms with Gasteiger partial charge in [0, 0.05) is 24.6 Å². The Hall–Kier alpha value is -1.88. The topological polar surface area (TPSA) is 55.8 Å². The van der Waals surface area contributed by atoms with Crippen LogP contribution in [-0.4, -0.2) is 30.2 Å². The molecule has 1 aromatic rings.